The lowest BCUT2D eigenvalue weighted by atomic mass is 10.3. The molecule has 160 valence electrons. The van der Waals surface area contributed by atoms with Gasteiger partial charge in [-0.3, -0.25) is 0 Å². The van der Waals surface area contributed by atoms with Crippen LogP contribution in [0.1, 0.15) is 0 Å². The van der Waals surface area contributed by atoms with Gasteiger partial charge in [-0.25, -0.2) is 8.42 Å². The molecule has 2 rings (SSSR count). The first kappa shape index (κ1) is 25.8. The maximum Gasteiger partial charge on any atom is 0.206 e. The number of hydrogen-bond donors (Lipinski definition) is 2. The molecule has 0 spiro atoms. The molecule has 0 aromatic heterocycles. The van der Waals surface area contributed by atoms with Gasteiger partial charge in [-0.2, -0.15) is 0 Å². The van der Waals surface area contributed by atoms with Gasteiger partial charge in [0.25, 0.3) is 0 Å². The van der Waals surface area contributed by atoms with E-state index in [4.69, 9.17) is 9.47 Å². The van der Waals surface area contributed by atoms with Crippen molar-refractivity contribution in [1.29, 1.82) is 0 Å². The fraction of sp³-hybridized carbons (Fsp3) is 0.250. The van der Waals surface area contributed by atoms with Crippen LogP contribution in [0.5, 0.6) is 11.5 Å². The largest absolute Gasteiger partial charge is 0.489 e. The number of thiol groups is 2. The van der Waals surface area contributed by atoms with Crippen LogP contribution in [0.4, 0.5) is 0 Å². The van der Waals surface area contributed by atoms with Crippen LogP contribution in [0.3, 0.4) is 0 Å². The number of hydrogen-bond acceptors (Lipinski definition) is 8. The van der Waals surface area contributed by atoms with Gasteiger partial charge >= 0.3 is 0 Å². The molecular formula is C16H14Br4O6S3. The molecule has 29 heavy (non-hydrogen) atoms. The Kier molecular flexibility index (Phi) is 10.6. The Morgan fingerprint density at radius 1 is 0.655 bits per heavy atom. The number of sulfone groups is 1. The highest BCUT2D eigenvalue weighted by Gasteiger charge is 2.24. The molecule has 0 amide bonds. The minimum atomic E-state index is -3.82. The second kappa shape index (κ2) is 12.0. The normalized spacial score (nSPS) is 11.5. The smallest absolute Gasteiger partial charge is 0.206 e. The zero-order valence-corrected chi connectivity index (χ0v) is 23.4. The summed E-state index contributed by atoms with van der Waals surface area (Å²) in [5.41, 5.74) is 0. The van der Waals surface area contributed by atoms with E-state index >= 15 is 0 Å². The monoisotopic (exact) mass is 714 g/mol. The second-order valence-electron chi connectivity index (χ2n) is 5.30. The average Bonchev–Trinajstić information content (AvgIpc) is 2.65. The minimum absolute atomic E-state index is 0.0880. The van der Waals surface area contributed by atoms with E-state index < -0.39 is 9.84 Å². The second-order valence-corrected chi connectivity index (χ2v) is 11.2. The van der Waals surface area contributed by atoms with Gasteiger partial charge in [0.1, 0.15) is 24.7 Å². The molecule has 0 unspecified atom stereocenters. The molecule has 13 heteroatoms. The average molecular weight is 718 g/mol. The van der Waals surface area contributed by atoms with Crippen molar-refractivity contribution in [2.24, 2.45) is 0 Å². The van der Waals surface area contributed by atoms with E-state index in [0.29, 0.717) is 29.4 Å². The zero-order valence-electron chi connectivity index (χ0n) is 14.4. The Morgan fingerprint density at radius 2 is 0.966 bits per heavy atom. The Labute approximate surface area is 213 Å². The molecule has 0 heterocycles. The van der Waals surface area contributed by atoms with Crippen molar-refractivity contribution < 1.29 is 26.3 Å². The van der Waals surface area contributed by atoms with Crippen molar-refractivity contribution >= 4 is 99.4 Å². The molecule has 0 aliphatic heterocycles. The summed E-state index contributed by atoms with van der Waals surface area (Å²) in [6, 6.07) is 5.92. The third kappa shape index (κ3) is 6.75. The van der Waals surface area contributed by atoms with Gasteiger partial charge in [-0.15, -0.1) is 0 Å². The van der Waals surface area contributed by atoms with E-state index in [-0.39, 0.29) is 36.2 Å². The van der Waals surface area contributed by atoms with E-state index in [1.165, 1.54) is 24.3 Å². The topological polar surface area (TPSA) is 71.1 Å². The van der Waals surface area contributed by atoms with Crippen molar-refractivity contribution in [2.75, 3.05) is 26.4 Å². The molecule has 2 aromatic rings. The van der Waals surface area contributed by atoms with Gasteiger partial charge in [-0.05, 0) is 114 Å². The molecule has 6 nitrogen and oxygen atoms in total. The summed E-state index contributed by atoms with van der Waals surface area (Å²) in [4.78, 5) is 0.176. The standard InChI is InChI=1S/C16H14Br4O6S3/c17-11-5-9(6-12(18)15(11)23-1-3-25-27)29(21,22)10-7-13(19)16(14(20)8-10)24-2-4-26-28/h5-8,27-28H,1-4H2. The summed E-state index contributed by atoms with van der Waals surface area (Å²) in [5, 5.41) is 0. The van der Waals surface area contributed by atoms with Crippen LogP contribution < -0.4 is 9.47 Å². The van der Waals surface area contributed by atoms with E-state index in [1.807, 2.05) is 0 Å². The number of ether oxygens (including phenoxy) is 2. The molecule has 0 N–H and O–H groups in total. The van der Waals surface area contributed by atoms with Crippen LogP contribution in [0, 0.1) is 0 Å². The minimum Gasteiger partial charge on any atom is -0.489 e. The van der Waals surface area contributed by atoms with Crippen molar-refractivity contribution in [1.82, 2.24) is 0 Å². The van der Waals surface area contributed by atoms with Gasteiger partial charge < -0.3 is 17.8 Å². The fourth-order valence-corrected chi connectivity index (χ4v) is 7.11. The van der Waals surface area contributed by atoms with E-state index in [1.54, 1.807) is 0 Å². The molecule has 0 fully saturated rings. The van der Waals surface area contributed by atoms with Gasteiger partial charge in [-0.1, -0.05) is 0 Å². The van der Waals surface area contributed by atoms with Crippen molar-refractivity contribution in [2.45, 2.75) is 9.79 Å². The molecule has 0 bridgehead atoms. The number of rotatable bonds is 10. The third-order valence-electron chi connectivity index (χ3n) is 3.41. The highest BCUT2D eigenvalue weighted by molar-refractivity contribution is 9.11. The molecule has 0 aliphatic rings. The predicted octanol–water partition coefficient (Wildman–Crippen LogP) is 6.05. The van der Waals surface area contributed by atoms with E-state index in [0.717, 1.165) is 0 Å². The highest BCUT2D eigenvalue weighted by atomic mass is 79.9. The van der Waals surface area contributed by atoms with Gasteiger partial charge in [0.15, 0.2) is 0 Å². The summed E-state index contributed by atoms with van der Waals surface area (Å²) < 4.78 is 48.7. The predicted molar refractivity (Wildman–Crippen MR) is 130 cm³/mol. The zero-order chi connectivity index (χ0) is 21.6. The van der Waals surface area contributed by atoms with Crippen LogP contribution in [0.15, 0.2) is 51.9 Å². The van der Waals surface area contributed by atoms with Gasteiger partial charge in [0.05, 0.1) is 40.9 Å². The Balaban J connectivity index is 2.37. The van der Waals surface area contributed by atoms with Crippen LogP contribution in [-0.2, 0) is 18.2 Å². The van der Waals surface area contributed by atoms with Crippen LogP contribution >= 0.6 is 89.5 Å². The summed E-state index contributed by atoms with van der Waals surface area (Å²) in [7, 11) is -3.82. The lowest BCUT2D eigenvalue weighted by Crippen LogP contribution is -2.07. The summed E-state index contributed by atoms with van der Waals surface area (Å²) in [6.45, 7) is 1.07. The van der Waals surface area contributed by atoms with Crippen LogP contribution in [0.2, 0.25) is 0 Å². The summed E-state index contributed by atoms with van der Waals surface area (Å²) in [5.74, 6) is 0.929. The number of halogens is 4. The lowest BCUT2D eigenvalue weighted by molar-refractivity contribution is 0.239. The summed E-state index contributed by atoms with van der Waals surface area (Å²) in [6.07, 6.45) is 0. The van der Waals surface area contributed by atoms with Crippen molar-refractivity contribution in [3.63, 3.8) is 0 Å². The Hall–Kier alpha value is 0.530. The molecule has 0 saturated heterocycles. The molecule has 2 aromatic carbocycles. The van der Waals surface area contributed by atoms with Crippen molar-refractivity contribution in [3.05, 3.63) is 42.2 Å². The molecular weight excluding hydrogens is 704 g/mol. The maximum atomic E-state index is 13.2. The molecule has 0 atom stereocenters. The third-order valence-corrected chi connectivity index (χ3v) is 7.84. The maximum absolute atomic E-state index is 13.2. The van der Waals surface area contributed by atoms with Crippen LogP contribution in [-0.4, -0.2) is 34.8 Å². The Morgan fingerprint density at radius 3 is 1.24 bits per heavy atom. The lowest BCUT2D eigenvalue weighted by Gasteiger charge is -2.14. The molecule has 0 saturated carbocycles. The quantitative estimate of drug-likeness (QED) is 0.177. The molecule has 0 aliphatic carbocycles. The SMILES string of the molecule is O=S(=O)(c1cc(Br)c(OCCOS)c(Br)c1)c1cc(Br)c(OCCOS)c(Br)c1. The van der Waals surface area contributed by atoms with Gasteiger partial charge in [0.2, 0.25) is 9.84 Å². The Bertz CT molecular complexity index is 854. The van der Waals surface area contributed by atoms with E-state index in [2.05, 4.69) is 97.9 Å². The first-order chi connectivity index (χ1) is 13.7. The first-order valence-electron chi connectivity index (χ1n) is 7.74. The van der Waals surface area contributed by atoms with Crippen LogP contribution in [0.25, 0.3) is 0 Å². The molecule has 0 radical (unpaired) electrons. The van der Waals surface area contributed by atoms with Gasteiger partial charge in [0, 0.05) is 0 Å². The number of benzene rings is 2. The first-order valence-corrected chi connectivity index (χ1v) is 13.1. The summed E-state index contributed by atoms with van der Waals surface area (Å²) >= 11 is 20.7. The van der Waals surface area contributed by atoms with E-state index in [9.17, 15) is 8.42 Å². The highest BCUT2D eigenvalue weighted by Crippen LogP contribution is 2.40. The fourth-order valence-electron chi connectivity index (χ4n) is 2.16. The van der Waals surface area contributed by atoms with Crippen molar-refractivity contribution in [3.8, 4) is 11.5 Å².